The van der Waals surface area contributed by atoms with E-state index < -0.39 is 0 Å². The minimum atomic E-state index is -0.192. The van der Waals surface area contributed by atoms with Gasteiger partial charge in [-0.25, -0.2) is 0 Å². The number of rotatable bonds is 2. The van der Waals surface area contributed by atoms with Crippen molar-refractivity contribution in [3.05, 3.63) is 0 Å². The van der Waals surface area contributed by atoms with Crippen molar-refractivity contribution in [3.63, 3.8) is 0 Å². The average molecular weight is 239 g/mol. The molecule has 0 aromatic carbocycles. The van der Waals surface area contributed by atoms with E-state index in [1.54, 1.807) is 0 Å². The molecule has 0 radical (unpaired) electrons. The van der Waals surface area contributed by atoms with E-state index in [2.05, 4.69) is 39.5 Å². The van der Waals surface area contributed by atoms with Gasteiger partial charge in [-0.15, -0.1) is 0 Å². The van der Waals surface area contributed by atoms with Gasteiger partial charge >= 0.3 is 0 Å². The fraction of sp³-hybridized carbons (Fsp3) is 1.00. The van der Waals surface area contributed by atoms with Gasteiger partial charge in [0.25, 0.3) is 0 Å². The molecule has 100 valence electrons. The summed E-state index contributed by atoms with van der Waals surface area (Å²) in [5.41, 5.74) is 0. The molecule has 2 heteroatoms. The van der Waals surface area contributed by atoms with Crippen molar-refractivity contribution in [2.75, 3.05) is 6.54 Å². The van der Waals surface area contributed by atoms with Gasteiger partial charge in [0.1, 0.15) is 6.23 Å². The lowest BCUT2D eigenvalue weighted by atomic mass is 9.66. The third-order valence-electron chi connectivity index (χ3n) is 5.22. The molecule has 0 bridgehead atoms. The first-order valence-corrected chi connectivity index (χ1v) is 7.35. The van der Waals surface area contributed by atoms with Gasteiger partial charge in [0, 0.05) is 18.5 Å². The summed E-state index contributed by atoms with van der Waals surface area (Å²) in [6.07, 6.45) is 2.44. The maximum atomic E-state index is 10.5. The monoisotopic (exact) mass is 239 g/mol. The van der Waals surface area contributed by atoms with Crippen LogP contribution in [0.5, 0.6) is 0 Å². The molecule has 2 nitrogen and oxygen atoms in total. The highest BCUT2D eigenvalue weighted by Gasteiger charge is 2.48. The highest BCUT2D eigenvalue weighted by molar-refractivity contribution is 4.96. The van der Waals surface area contributed by atoms with Crippen LogP contribution >= 0.6 is 0 Å². The molecule has 2 rings (SSSR count). The Morgan fingerprint density at radius 3 is 2.29 bits per heavy atom. The van der Waals surface area contributed by atoms with Crippen molar-refractivity contribution in [3.8, 4) is 0 Å². The van der Waals surface area contributed by atoms with Crippen molar-refractivity contribution >= 4 is 0 Å². The van der Waals surface area contributed by atoms with Crippen LogP contribution in [0.2, 0.25) is 0 Å². The van der Waals surface area contributed by atoms with E-state index in [-0.39, 0.29) is 6.23 Å². The predicted octanol–water partition coefficient (Wildman–Crippen LogP) is 2.96. The molecule has 0 amide bonds. The fourth-order valence-corrected chi connectivity index (χ4v) is 4.14. The fourth-order valence-electron chi connectivity index (χ4n) is 4.14. The van der Waals surface area contributed by atoms with Crippen molar-refractivity contribution in [2.24, 2.45) is 29.6 Å². The molecule has 0 aromatic rings. The first-order valence-electron chi connectivity index (χ1n) is 7.35. The van der Waals surface area contributed by atoms with E-state index >= 15 is 0 Å². The van der Waals surface area contributed by atoms with Gasteiger partial charge in [0.2, 0.25) is 0 Å². The molecule has 1 heterocycles. The van der Waals surface area contributed by atoms with E-state index in [1.807, 2.05) is 0 Å². The second kappa shape index (κ2) is 4.89. The van der Waals surface area contributed by atoms with Crippen LogP contribution in [0.15, 0.2) is 0 Å². The van der Waals surface area contributed by atoms with Gasteiger partial charge in [0.15, 0.2) is 0 Å². The molecule has 17 heavy (non-hydrogen) atoms. The highest BCUT2D eigenvalue weighted by Crippen LogP contribution is 2.47. The van der Waals surface area contributed by atoms with Crippen molar-refractivity contribution < 1.29 is 5.11 Å². The largest absolute Gasteiger partial charge is 0.378 e. The lowest BCUT2D eigenvalue weighted by Gasteiger charge is -2.39. The summed E-state index contributed by atoms with van der Waals surface area (Å²) in [7, 11) is 0. The molecule has 0 spiro atoms. The van der Waals surface area contributed by atoms with Gasteiger partial charge in [-0.3, -0.25) is 4.90 Å². The van der Waals surface area contributed by atoms with Crippen molar-refractivity contribution in [2.45, 2.75) is 59.7 Å². The van der Waals surface area contributed by atoms with Gasteiger partial charge in [0.05, 0.1) is 0 Å². The molecule has 5 atom stereocenters. The second-order valence-corrected chi connectivity index (χ2v) is 6.99. The third-order valence-corrected chi connectivity index (χ3v) is 5.22. The SMILES string of the molecule is CC(C)C1CC(C)C2C(C1)CN(C(C)C)C2O. The molecule has 1 aliphatic carbocycles. The van der Waals surface area contributed by atoms with Crippen LogP contribution in [-0.4, -0.2) is 28.8 Å². The van der Waals surface area contributed by atoms with Gasteiger partial charge in [-0.1, -0.05) is 20.8 Å². The Hall–Kier alpha value is -0.0800. The van der Waals surface area contributed by atoms with E-state index in [0.717, 1.165) is 24.3 Å². The summed E-state index contributed by atoms with van der Waals surface area (Å²) in [5.74, 6) is 3.59. The Labute approximate surface area is 106 Å². The number of fused-ring (bicyclic) bond motifs is 1. The minimum absolute atomic E-state index is 0.192. The Balaban J connectivity index is 2.10. The molecule has 1 aliphatic heterocycles. The summed E-state index contributed by atoms with van der Waals surface area (Å²) in [6.45, 7) is 12.6. The molecular weight excluding hydrogens is 210 g/mol. The maximum Gasteiger partial charge on any atom is 0.111 e. The molecule has 2 aliphatic rings. The first-order chi connectivity index (χ1) is 7.91. The van der Waals surface area contributed by atoms with Gasteiger partial charge in [-0.05, 0) is 50.4 Å². The topological polar surface area (TPSA) is 23.5 Å². The summed E-state index contributed by atoms with van der Waals surface area (Å²) < 4.78 is 0. The molecule has 1 saturated heterocycles. The van der Waals surface area contributed by atoms with Crippen LogP contribution in [-0.2, 0) is 0 Å². The Bertz CT molecular complexity index is 262. The maximum absolute atomic E-state index is 10.5. The van der Waals surface area contributed by atoms with Crippen molar-refractivity contribution in [1.82, 2.24) is 4.90 Å². The number of nitrogens with zero attached hydrogens (tertiary/aromatic N) is 1. The quantitative estimate of drug-likeness (QED) is 0.801. The zero-order valence-electron chi connectivity index (χ0n) is 12.1. The minimum Gasteiger partial charge on any atom is -0.378 e. The van der Waals surface area contributed by atoms with Gasteiger partial charge < -0.3 is 5.11 Å². The molecule has 1 saturated carbocycles. The predicted molar refractivity (Wildman–Crippen MR) is 71.6 cm³/mol. The van der Waals surface area contributed by atoms with Crippen LogP contribution < -0.4 is 0 Å². The molecule has 1 N–H and O–H groups in total. The van der Waals surface area contributed by atoms with Crippen LogP contribution in [0.25, 0.3) is 0 Å². The first kappa shape index (κ1) is 13.4. The third kappa shape index (κ3) is 2.39. The summed E-state index contributed by atoms with van der Waals surface area (Å²) >= 11 is 0. The zero-order valence-corrected chi connectivity index (χ0v) is 12.1. The lowest BCUT2D eigenvalue weighted by molar-refractivity contribution is -0.0375. The van der Waals surface area contributed by atoms with Gasteiger partial charge in [-0.2, -0.15) is 0 Å². The number of likely N-dealkylation sites (tertiary alicyclic amines) is 1. The Kier molecular flexibility index (Phi) is 3.84. The standard InChI is InChI=1S/C15H29NO/c1-9(2)12-6-11(5)14-13(7-12)8-16(10(3)4)15(14)17/h9-15,17H,6-8H2,1-5H3. The molecule has 2 fully saturated rings. The number of hydrogen-bond donors (Lipinski definition) is 1. The normalized spacial score (nSPS) is 43.4. The summed E-state index contributed by atoms with van der Waals surface area (Å²) in [6, 6.07) is 0.472. The average Bonchev–Trinajstić information content (AvgIpc) is 2.56. The van der Waals surface area contributed by atoms with Crippen LogP contribution in [0, 0.1) is 29.6 Å². The van der Waals surface area contributed by atoms with E-state index in [0.29, 0.717) is 17.9 Å². The number of hydrogen-bond acceptors (Lipinski definition) is 2. The van der Waals surface area contributed by atoms with E-state index in [4.69, 9.17) is 0 Å². The van der Waals surface area contributed by atoms with Crippen molar-refractivity contribution in [1.29, 1.82) is 0 Å². The van der Waals surface area contributed by atoms with Crippen LogP contribution in [0.4, 0.5) is 0 Å². The smallest absolute Gasteiger partial charge is 0.111 e. The summed E-state index contributed by atoms with van der Waals surface area (Å²) in [5, 5.41) is 10.5. The Morgan fingerprint density at radius 1 is 1.12 bits per heavy atom. The van der Waals surface area contributed by atoms with E-state index in [9.17, 15) is 5.11 Å². The van der Waals surface area contributed by atoms with E-state index in [1.165, 1.54) is 12.8 Å². The Morgan fingerprint density at radius 2 is 1.76 bits per heavy atom. The van der Waals surface area contributed by atoms with Crippen LogP contribution in [0.1, 0.15) is 47.5 Å². The van der Waals surface area contributed by atoms with Crippen LogP contribution in [0.3, 0.4) is 0 Å². The summed E-state index contributed by atoms with van der Waals surface area (Å²) in [4.78, 5) is 2.30. The number of aliphatic hydroxyl groups excluding tert-OH is 1. The molecule has 5 unspecified atom stereocenters. The number of aliphatic hydroxyl groups is 1. The molecule has 0 aromatic heterocycles. The zero-order chi connectivity index (χ0) is 12.7. The molecular formula is C15H29NO. The highest BCUT2D eigenvalue weighted by atomic mass is 16.3. The second-order valence-electron chi connectivity index (χ2n) is 6.99. The lowest BCUT2D eigenvalue weighted by Crippen LogP contribution is -2.40.